The lowest BCUT2D eigenvalue weighted by atomic mass is 9.52. The molecule has 1 saturated carbocycles. The van der Waals surface area contributed by atoms with Gasteiger partial charge in [-0.25, -0.2) is 9.59 Å². The van der Waals surface area contributed by atoms with Crippen LogP contribution in [0.25, 0.3) is 0 Å². The maximum absolute atomic E-state index is 14.5. The fourth-order valence-electron chi connectivity index (χ4n) is 8.28. The number of amides is 2. The van der Waals surface area contributed by atoms with E-state index in [4.69, 9.17) is 18.9 Å². The zero-order valence-corrected chi connectivity index (χ0v) is 26.0. The van der Waals surface area contributed by atoms with Gasteiger partial charge in [-0.15, -0.1) is 0 Å². The summed E-state index contributed by atoms with van der Waals surface area (Å²) < 4.78 is 23.2. The van der Waals surface area contributed by atoms with E-state index in [0.29, 0.717) is 19.5 Å². The summed E-state index contributed by atoms with van der Waals surface area (Å²) in [7, 11) is 0. The Hall–Kier alpha value is -3.67. The van der Waals surface area contributed by atoms with Gasteiger partial charge in [0.15, 0.2) is 12.3 Å². The Morgan fingerprint density at radius 2 is 1.73 bits per heavy atom. The largest absolute Gasteiger partial charge is 0.461 e. The minimum Gasteiger partial charge on any atom is -0.461 e. The zero-order valence-electron chi connectivity index (χ0n) is 26.0. The van der Waals surface area contributed by atoms with Crippen molar-refractivity contribution in [3.05, 3.63) is 35.9 Å². The molecule has 0 bridgehead atoms. The minimum atomic E-state index is -1.85. The summed E-state index contributed by atoms with van der Waals surface area (Å²) in [5.41, 5.74) is -6.91. The Morgan fingerprint density at radius 1 is 1.05 bits per heavy atom. The average Bonchev–Trinajstić information content (AvgIpc) is 3.67. The first-order chi connectivity index (χ1) is 20.5. The number of esters is 3. The lowest BCUT2D eigenvalue weighted by Gasteiger charge is -2.51. The van der Waals surface area contributed by atoms with Crippen LogP contribution in [0.2, 0.25) is 0 Å². The molecule has 0 unspecified atom stereocenters. The van der Waals surface area contributed by atoms with Gasteiger partial charge in [-0.05, 0) is 50.7 Å². The van der Waals surface area contributed by atoms with Gasteiger partial charge in [-0.3, -0.25) is 14.4 Å². The number of likely N-dealkylation sites (tertiary alicyclic amines) is 2. The normalized spacial score (nSPS) is 36.1. The topological polar surface area (TPSA) is 149 Å². The van der Waals surface area contributed by atoms with Crippen LogP contribution in [-0.4, -0.2) is 94.1 Å². The number of rotatable bonds is 4. The monoisotopic (exact) mass is 612 g/mol. The summed E-state index contributed by atoms with van der Waals surface area (Å²) in [4.78, 5) is 70.5. The molecule has 4 aliphatic heterocycles. The molecule has 2 amide bonds. The van der Waals surface area contributed by atoms with E-state index in [1.54, 1.807) is 76.8 Å². The van der Waals surface area contributed by atoms with Crippen molar-refractivity contribution in [2.24, 2.45) is 22.2 Å². The van der Waals surface area contributed by atoms with E-state index in [1.807, 2.05) is 0 Å². The van der Waals surface area contributed by atoms with E-state index in [1.165, 1.54) is 4.90 Å². The molecule has 7 atom stereocenters. The van der Waals surface area contributed by atoms with Crippen LogP contribution in [0.3, 0.4) is 0 Å². The molecular formula is C32H40N2O10. The van der Waals surface area contributed by atoms with Crippen LogP contribution in [0.4, 0.5) is 4.79 Å². The molecule has 4 heterocycles. The molecule has 1 aromatic carbocycles. The predicted molar refractivity (Wildman–Crippen MR) is 152 cm³/mol. The molecule has 5 aliphatic rings. The molecule has 1 aliphatic carbocycles. The number of benzene rings is 1. The van der Waals surface area contributed by atoms with Crippen molar-refractivity contribution in [1.82, 2.24) is 9.80 Å². The summed E-state index contributed by atoms with van der Waals surface area (Å²) in [6, 6.07) is 8.12. The van der Waals surface area contributed by atoms with Gasteiger partial charge in [-0.1, -0.05) is 39.0 Å². The van der Waals surface area contributed by atoms with Crippen LogP contribution in [-0.2, 0) is 33.3 Å². The smallest absolute Gasteiger partial charge is 0.410 e. The number of aliphatic hydroxyl groups is 1. The second-order valence-corrected chi connectivity index (χ2v) is 14.8. The molecule has 0 radical (unpaired) electrons. The molecule has 2 spiro atoms. The van der Waals surface area contributed by atoms with E-state index in [2.05, 4.69) is 0 Å². The third-order valence-corrected chi connectivity index (χ3v) is 10.2. The molecule has 1 N–H and O–H groups in total. The van der Waals surface area contributed by atoms with Gasteiger partial charge in [0, 0.05) is 26.1 Å². The highest BCUT2D eigenvalue weighted by atomic mass is 16.6. The maximum Gasteiger partial charge on any atom is 0.410 e. The summed E-state index contributed by atoms with van der Waals surface area (Å²) in [5, 5.41) is 12.8. The van der Waals surface area contributed by atoms with Gasteiger partial charge >= 0.3 is 24.0 Å². The SMILES string of the molecule is CC(C)(C)OC(=O)N1CC[C@H](CN2C(=O)[C@H](OC(=O)c3ccccc3)[C@@]34[C@@H]2OC(=O)[C@@]32CC(=O)O[C@H]2C[C@@]4(O)C(C)(C)C)C1. The molecule has 1 aromatic rings. The van der Waals surface area contributed by atoms with Gasteiger partial charge in [-0.2, -0.15) is 0 Å². The fourth-order valence-corrected chi connectivity index (χ4v) is 8.28. The number of hydrogen-bond acceptors (Lipinski definition) is 10. The number of carbonyl (C=O) groups is 5. The van der Waals surface area contributed by atoms with Gasteiger partial charge in [0.1, 0.15) is 22.5 Å². The van der Waals surface area contributed by atoms with Crippen molar-refractivity contribution in [2.45, 2.75) is 90.4 Å². The molecule has 44 heavy (non-hydrogen) atoms. The number of carbonyl (C=O) groups excluding carboxylic acids is 5. The fraction of sp³-hybridized carbons (Fsp3) is 0.656. The quantitative estimate of drug-likeness (QED) is 0.397. The Morgan fingerprint density at radius 3 is 2.36 bits per heavy atom. The summed E-state index contributed by atoms with van der Waals surface area (Å²) in [5.74, 6) is -3.08. The summed E-state index contributed by atoms with van der Waals surface area (Å²) >= 11 is 0. The van der Waals surface area contributed by atoms with Crippen LogP contribution in [0.1, 0.15) is 71.2 Å². The van der Waals surface area contributed by atoms with E-state index < -0.39 is 82.2 Å². The van der Waals surface area contributed by atoms with Crippen molar-refractivity contribution < 1.29 is 48.0 Å². The number of nitrogens with zero attached hydrogens (tertiary/aromatic N) is 2. The number of hydrogen-bond donors (Lipinski definition) is 1. The van der Waals surface area contributed by atoms with Crippen LogP contribution in [0.15, 0.2) is 30.3 Å². The minimum absolute atomic E-state index is 0.0625. The Labute approximate surface area is 255 Å². The van der Waals surface area contributed by atoms with E-state index >= 15 is 0 Å². The van der Waals surface area contributed by atoms with Crippen LogP contribution >= 0.6 is 0 Å². The lowest BCUT2D eigenvalue weighted by molar-refractivity contribution is -0.212. The second-order valence-electron chi connectivity index (χ2n) is 14.8. The average molecular weight is 613 g/mol. The van der Waals surface area contributed by atoms with Crippen LogP contribution in [0, 0.1) is 22.2 Å². The standard InChI is InChI=1S/C32H40N2O10/c1-28(2,3)31(40)14-20-30(15-21(35)41-20)26(38)43-25-32(30,31)22(42-24(37)19-10-8-7-9-11-19)23(36)34(25)17-18-12-13-33(16-18)27(39)44-29(4,5)6/h7-11,18,20,22,25,40H,12-17H2,1-6H3/t18-,20-,22-,25-,30-,31+,32+/m0/s1. The molecule has 12 nitrogen and oxygen atoms in total. The van der Waals surface area contributed by atoms with Gasteiger partial charge < -0.3 is 33.9 Å². The molecule has 238 valence electrons. The van der Waals surface area contributed by atoms with Crippen molar-refractivity contribution in [3.63, 3.8) is 0 Å². The third-order valence-electron chi connectivity index (χ3n) is 10.2. The second kappa shape index (κ2) is 9.66. The first kappa shape index (κ1) is 30.4. The van der Waals surface area contributed by atoms with Crippen molar-refractivity contribution in [2.75, 3.05) is 19.6 Å². The molecule has 6 rings (SSSR count). The summed E-state index contributed by atoms with van der Waals surface area (Å²) in [6.45, 7) is 11.4. The first-order valence-electron chi connectivity index (χ1n) is 15.1. The molecule has 12 heteroatoms. The van der Waals surface area contributed by atoms with Gasteiger partial charge in [0.05, 0.1) is 17.6 Å². The Kier molecular flexibility index (Phi) is 6.67. The van der Waals surface area contributed by atoms with Crippen LogP contribution < -0.4 is 0 Å². The molecule has 5 fully saturated rings. The lowest BCUT2D eigenvalue weighted by Crippen LogP contribution is -2.66. The Balaban J connectivity index is 1.42. The third kappa shape index (κ3) is 4.02. The van der Waals surface area contributed by atoms with Gasteiger partial charge in [0.2, 0.25) is 0 Å². The van der Waals surface area contributed by atoms with Crippen LogP contribution in [0.5, 0.6) is 0 Å². The molecule has 0 aromatic heterocycles. The van der Waals surface area contributed by atoms with E-state index in [9.17, 15) is 29.1 Å². The first-order valence-corrected chi connectivity index (χ1v) is 15.1. The van der Waals surface area contributed by atoms with Crippen molar-refractivity contribution >= 4 is 29.9 Å². The van der Waals surface area contributed by atoms with E-state index in [-0.39, 0.29) is 24.4 Å². The zero-order chi connectivity index (χ0) is 32.0. The highest BCUT2D eigenvalue weighted by molar-refractivity contribution is 5.99. The van der Waals surface area contributed by atoms with Gasteiger partial charge in [0.25, 0.3) is 5.91 Å². The number of ether oxygens (including phenoxy) is 4. The molecular weight excluding hydrogens is 572 g/mol. The highest BCUT2D eigenvalue weighted by Crippen LogP contribution is 2.76. The van der Waals surface area contributed by atoms with E-state index in [0.717, 1.165) is 0 Å². The van der Waals surface area contributed by atoms with Crippen molar-refractivity contribution in [1.29, 1.82) is 0 Å². The molecule has 4 saturated heterocycles. The highest BCUT2D eigenvalue weighted by Gasteiger charge is 2.93. The summed E-state index contributed by atoms with van der Waals surface area (Å²) in [6.07, 6.45) is -4.53. The Bertz CT molecular complexity index is 1420. The van der Waals surface area contributed by atoms with Crippen molar-refractivity contribution in [3.8, 4) is 0 Å². The predicted octanol–water partition coefficient (Wildman–Crippen LogP) is 2.66. The maximum atomic E-state index is 14.5.